The lowest BCUT2D eigenvalue weighted by Gasteiger charge is -2.35. The van der Waals surface area contributed by atoms with E-state index >= 15 is 0 Å². The molecule has 2 unspecified atom stereocenters. The third-order valence-electron chi connectivity index (χ3n) is 2.64. The molecule has 1 fully saturated rings. The summed E-state index contributed by atoms with van der Waals surface area (Å²) >= 11 is 1.96. The minimum atomic E-state index is 0.720. The Labute approximate surface area is 86.5 Å². The Kier molecular flexibility index (Phi) is 5.14. The lowest BCUT2D eigenvalue weighted by atomic mass is 10.1. The molecule has 2 nitrogen and oxygen atoms in total. The maximum Gasteiger partial charge on any atom is 0.0193 e. The molecule has 78 valence electrons. The minimum absolute atomic E-state index is 0.720. The molecular weight excluding hydrogens is 180 g/mol. The fourth-order valence-corrected chi connectivity index (χ4v) is 2.57. The van der Waals surface area contributed by atoms with Gasteiger partial charge in [0.2, 0.25) is 0 Å². The molecule has 0 saturated carbocycles. The Bertz CT molecular complexity index is 141. The van der Waals surface area contributed by atoms with E-state index in [1.54, 1.807) is 0 Å². The van der Waals surface area contributed by atoms with Crippen LogP contribution in [-0.2, 0) is 0 Å². The summed E-state index contributed by atoms with van der Waals surface area (Å²) in [6.45, 7) is 9.48. The summed E-state index contributed by atoms with van der Waals surface area (Å²) in [7, 11) is 0. The van der Waals surface area contributed by atoms with E-state index in [-0.39, 0.29) is 0 Å². The van der Waals surface area contributed by atoms with E-state index in [9.17, 15) is 0 Å². The number of rotatable bonds is 4. The van der Waals surface area contributed by atoms with E-state index in [2.05, 4.69) is 30.3 Å². The maximum absolute atomic E-state index is 3.42. The molecule has 13 heavy (non-hydrogen) atoms. The van der Waals surface area contributed by atoms with Crippen LogP contribution in [0.15, 0.2) is 0 Å². The van der Waals surface area contributed by atoms with Crippen molar-refractivity contribution < 1.29 is 0 Å². The predicted octanol–water partition coefficient (Wildman–Crippen LogP) is 1.28. The smallest absolute Gasteiger partial charge is 0.0193 e. The predicted molar refractivity (Wildman–Crippen MR) is 61.5 cm³/mol. The van der Waals surface area contributed by atoms with Gasteiger partial charge in [-0.05, 0) is 24.9 Å². The molecule has 2 atom stereocenters. The average molecular weight is 202 g/mol. The van der Waals surface area contributed by atoms with E-state index < -0.39 is 0 Å². The van der Waals surface area contributed by atoms with Crippen molar-refractivity contribution in [2.24, 2.45) is 5.92 Å². The highest BCUT2D eigenvalue weighted by molar-refractivity contribution is 7.98. The van der Waals surface area contributed by atoms with E-state index in [4.69, 9.17) is 0 Å². The summed E-state index contributed by atoms with van der Waals surface area (Å²) in [5.41, 5.74) is 0. The van der Waals surface area contributed by atoms with Crippen molar-refractivity contribution in [2.45, 2.75) is 19.9 Å². The summed E-state index contributed by atoms with van der Waals surface area (Å²) in [4.78, 5) is 2.61. The average Bonchev–Trinajstić information content (AvgIpc) is 2.09. The van der Waals surface area contributed by atoms with Crippen molar-refractivity contribution in [3.63, 3.8) is 0 Å². The second-order valence-corrected chi connectivity index (χ2v) is 5.02. The van der Waals surface area contributed by atoms with Gasteiger partial charge in [0, 0.05) is 32.2 Å². The molecule has 0 radical (unpaired) electrons. The second kappa shape index (κ2) is 5.89. The zero-order chi connectivity index (χ0) is 9.68. The van der Waals surface area contributed by atoms with Gasteiger partial charge in [0.1, 0.15) is 0 Å². The molecule has 1 heterocycles. The van der Waals surface area contributed by atoms with E-state index in [0.717, 1.165) is 25.0 Å². The fourth-order valence-electron chi connectivity index (χ4n) is 1.89. The monoisotopic (exact) mass is 202 g/mol. The van der Waals surface area contributed by atoms with E-state index in [1.165, 1.54) is 18.8 Å². The molecule has 1 rings (SSSR count). The van der Waals surface area contributed by atoms with Gasteiger partial charge >= 0.3 is 0 Å². The first kappa shape index (κ1) is 11.3. The van der Waals surface area contributed by atoms with Gasteiger partial charge in [0.05, 0.1) is 0 Å². The third kappa shape index (κ3) is 3.88. The van der Waals surface area contributed by atoms with Crippen LogP contribution < -0.4 is 5.32 Å². The first-order chi connectivity index (χ1) is 6.24. The highest BCUT2D eigenvalue weighted by atomic mass is 32.2. The number of hydrogen-bond acceptors (Lipinski definition) is 3. The van der Waals surface area contributed by atoms with Gasteiger partial charge in [0.15, 0.2) is 0 Å². The first-order valence-corrected chi connectivity index (χ1v) is 6.57. The molecule has 1 N–H and O–H groups in total. The summed E-state index contributed by atoms with van der Waals surface area (Å²) in [5, 5.41) is 3.42. The lowest BCUT2D eigenvalue weighted by Crippen LogP contribution is -2.51. The normalized spacial score (nSPS) is 27.5. The van der Waals surface area contributed by atoms with Crippen molar-refractivity contribution in [1.29, 1.82) is 0 Å². The minimum Gasteiger partial charge on any atom is -0.314 e. The largest absolute Gasteiger partial charge is 0.314 e. The molecule has 0 spiro atoms. The van der Waals surface area contributed by atoms with Crippen LogP contribution in [-0.4, -0.2) is 49.1 Å². The van der Waals surface area contributed by atoms with Crippen molar-refractivity contribution in [1.82, 2.24) is 10.2 Å². The summed E-state index contributed by atoms with van der Waals surface area (Å²) in [5.74, 6) is 2.12. The molecule has 0 amide bonds. The number of nitrogens with one attached hydrogen (secondary N) is 1. The van der Waals surface area contributed by atoms with Crippen LogP contribution in [0.25, 0.3) is 0 Å². The molecule has 0 aromatic heterocycles. The molecule has 0 bridgehead atoms. The van der Waals surface area contributed by atoms with Gasteiger partial charge in [-0.25, -0.2) is 0 Å². The summed E-state index contributed by atoms with van der Waals surface area (Å²) in [6, 6.07) is 0.720. The Hall–Kier alpha value is 0.270. The molecule has 1 aliphatic heterocycles. The third-order valence-corrected chi connectivity index (χ3v) is 3.54. The molecule has 1 aliphatic rings. The van der Waals surface area contributed by atoms with Crippen LogP contribution in [0, 0.1) is 5.92 Å². The maximum atomic E-state index is 3.42. The van der Waals surface area contributed by atoms with Gasteiger partial charge < -0.3 is 5.32 Å². The number of piperazine rings is 1. The molecule has 3 heteroatoms. The topological polar surface area (TPSA) is 15.3 Å². The Morgan fingerprint density at radius 3 is 3.00 bits per heavy atom. The van der Waals surface area contributed by atoms with Gasteiger partial charge in [-0.3, -0.25) is 4.90 Å². The van der Waals surface area contributed by atoms with Gasteiger partial charge in [0.25, 0.3) is 0 Å². The van der Waals surface area contributed by atoms with Crippen LogP contribution in [0.1, 0.15) is 13.8 Å². The summed E-state index contributed by atoms with van der Waals surface area (Å²) in [6.07, 6.45) is 2.19. The molecular formula is C10H22N2S. The van der Waals surface area contributed by atoms with Crippen molar-refractivity contribution in [3.05, 3.63) is 0 Å². The van der Waals surface area contributed by atoms with Crippen LogP contribution in [0.3, 0.4) is 0 Å². The van der Waals surface area contributed by atoms with Gasteiger partial charge in [-0.2, -0.15) is 11.8 Å². The number of nitrogens with zero attached hydrogens (tertiary/aromatic N) is 1. The highest BCUT2D eigenvalue weighted by Crippen LogP contribution is 2.10. The van der Waals surface area contributed by atoms with Crippen molar-refractivity contribution in [2.75, 3.05) is 38.2 Å². The Morgan fingerprint density at radius 1 is 1.62 bits per heavy atom. The van der Waals surface area contributed by atoms with Crippen LogP contribution in [0.5, 0.6) is 0 Å². The van der Waals surface area contributed by atoms with Crippen LogP contribution in [0.2, 0.25) is 0 Å². The number of hydrogen-bond donors (Lipinski definition) is 1. The number of thioether (sulfide) groups is 1. The van der Waals surface area contributed by atoms with Crippen molar-refractivity contribution >= 4 is 11.8 Å². The summed E-state index contributed by atoms with van der Waals surface area (Å²) < 4.78 is 0. The molecule has 0 aromatic carbocycles. The zero-order valence-electron chi connectivity index (χ0n) is 9.05. The zero-order valence-corrected chi connectivity index (χ0v) is 9.86. The molecule has 0 aromatic rings. The second-order valence-electron chi connectivity index (χ2n) is 4.11. The van der Waals surface area contributed by atoms with E-state index in [1.807, 2.05) is 11.8 Å². The van der Waals surface area contributed by atoms with Crippen LogP contribution >= 0.6 is 11.8 Å². The SMILES string of the molecule is CSCC(C)CN1CCNCC1C. The van der Waals surface area contributed by atoms with Gasteiger partial charge in [-0.1, -0.05) is 6.92 Å². The van der Waals surface area contributed by atoms with Crippen LogP contribution in [0.4, 0.5) is 0 Å². The molecule has 1 saturated heterocycles. The van der Waals surface area contributed by atoms with Gasteiger partial charge in [-0.15, -0.1) is 0 Å². The Morgan fingerprint density at radius 2 is 2.38 bits per heavy atom. The fraction of sp³-hybridized carbons (Fsp3) is 1.00. The quantitative estimate of drug-likeness (QED) is 0.739. The highest BCUT2D eigenvalue weighted by Gasteiger charge is 2.19. The van der Waals surface area contributed by atoms with E-state index in [0.29, 0.717) is 0 Å². The lowest BCUT2D eigenvalue weighted by molar-refractivity contribution is 0.157. The van der Waals surface area contributed by atoms with Crippen molar-refractivity contribution in [3.8, 4) is 0 Å². The standard InChI is InChI=1S/C10H22N2S/c1-9(8-13-3)7-12-5-4-11-6-10(12)2/h9-11H,4-8H2,1-3H3. The molecule has 0 aliphatic carbocycles. The Balaban J connectivity index is 2.25. The first-order valence-electron chi connectivity index (χ1n) is 5.17.